The van der Waals surface area contributed by atoms with E-state index in [1.54, 1.807) is 0 Å². The molecule has 4 saturated heterocycles. The molecule has 2 aromatic rings. The fourth-order valence-corrected chi connectivity index (χ4v) is 6.07. The first-order chi connectivity index (χ1) is 15.1. The average Bonchev–Trinajstić information content (AvgIpc) is 3.49. The molecule has 31 heavy (non-hydrogen) atoms. The summed E-state index contributed by atoms with van der Waals surface area (Å²) < 4.78 is 7.99. The predicted octanol–water partition coefficient (Wildman–Crippen LogP) is 1.82. The molecule has 0 saturated carbocycles. The number of pyridine rings is 1. The van der Waals surface area contributed by atoms with Crippen molar-refractivity contribution in [2.75, 3.05) is 69.3 Å². The van der Waals surface area contributed by atoms with Crippen molar-refractivity contribution < 1.29 is 4.74 Å². The molecule has 0 aliphatic carbocycles. The topological polar surface area (TPSA) is 52.9 Å². The van der Waals surface area contributed by atoms with Gasteiger partial charge in [0.05, 0.1) is 24.3 Å². The normalized spacial score (nSPS) is 28.4. The zero-order chi connectivity index (χ0) is 21.1. The molecule has 168 valence electrons. The van der Waals surface area contributed by atoms with Crippen molar-refractivity contribution in [3.63, 3.8) is 0 Å². The third kappa shape index (κ3) is 3.48. The third-order valence-corrected chi connectivity index (χ3v) is 7.96. The number of nitrogens with zero attached hydrogens (tertiary/aromatic N) is 7. The molecule has 9 heteroatoms. The molecule has 2 bridgehead atoms. The first-order valence-corrected chi connectivity index (χ1v) is 12.0. The molecule has 4 fully saturated rings. The Morgan fingerprint density at radius 2 is 1.77 bits per heavy atom. The van der Waals surface area contributed by atoms with E-state index in [1.807, 2.05) is 6.07 Å². The number of morpholine rings is 1. The number of hydrogen-bond donors (Lipinski definition) is 0. The highest BCUT2D eigenvalue weighted by atomic mass is 35.5. The molecule has 0 unspecified atom stereocenters. The van der Waals surface area contributed by atoms with Crippen LogP contribution < -0.4 is 9.80 Å². The van der Waals surface area contributed by atoms with Crippen LogP contribution in [0.15, 0.2) is 6.07 Å². The van der Waals surface area contributed by atoms with Crippen molar-refractivity contribution >= 4 is 34.4 Å². The van der Waals surface area contributed by atoms with Gasteiger partial charge in [-0.15, -0.1) is 0 Å². The van der Waals surface area contributed by atoms with E-state index in [1.165, 1.54) is 39.0 Å². The van der Waals surface area contributed by atoms with Crippen molar-refractivity contribution in [1.82, 2.24) is 24.3 Å². The van der Waals surface area contributed by atoms with Crippen molar-refractivity contribution in [3.8, 4) is 0 Å². The van der Waals surface area contributed by atoms with Crippen LogP contribution in [0.2, 0.25) is 5.15 Å². The largest absolute Gasteiger partial charge is 0.374 e. The lowest BCUT2D eigenvalue weighted by Crippen LogP contribution is -2.52. The molecule has 6 rings (SSSR count). The zero-order valence-corrected chi connectivity index (χ0v) is 19.3. The molecule has 6 heterocycles. The zero-order valence-electron chi connectivity index (χ0n) is 18.5. The lowest BCUT2D eigenvalue weighted by Gasteiger charge is -2.42. The van der Waals surface area contributed by atoms with E-state index in [-0.39, 0.29) is 0 Å². The highest BCUT2D eigenvalue weighted by molar-refractivity contribution is 6.30. The summed E-state index contributed by atoms with van der Waals surface area (Å²) >= 11 is 6.45. The SMILES string of the molecule is CN1CCN(C2CCN(c3nc4c(N5C[C@H]6C[C@@H]5CO6)nc(Cl)cc4n3C)CC2)CC1. The molecular formula is C22H32ClN7O. The molecular weight excluding hydrogens is 414 g/mol. The number of aromatic nitrogens is 3. The van der Waals surface area contributed by atoms with Gasteiger partial charge in [0.15, 0.2) is 5.82 Å². The summed E-state index contributed by atoms with van der Waals surface area (Å²) in [7, 11) is 4.33. The van der Waals surface area contributed by atoms with Crippen LogP contribution in [0.4, 0.5) is 11.8 Å². The number of piperazine rings is 1. The summed E-state index contributed by atoms with van der Waals surface area (Å²) in [5, 5.41) is 0.537. The van der Waals surface area contributed by atoms with Crippen LogP contribution in [-0.2, 0) is 11.8 Å². The minimum absolute atomic E-state index is 0.317. The van der Waals surface area contributed by atoms with E-state index in [0.717, 1.165) is 55.5 Å². The monoisotopic (exact) mass is 445 g/mol. The third-order valence-electron chi connectivity index (χ3n) is 7.77. The van der Waals surface area contributed by atoms with E-state index in [9.17, 15) is 0 Å². The van der Waals surface area contributed by atoms with Crippen LogP contribution >= 0.6 is 11.6 Å². The smallest absolute Gasteiger partial charge is 0.206 e. The van der Waals surface area contributed by atoms with Crippen LogP contribution in [0, 0.1) is 0 Å². The van der Waals surface area contributed by atoms with Gasteiger partial charge in [0.1, 0.15) is 10.7 Å². The fraction of sp³-hybridized carbons (Fsp3) is 0.727. The van der Waals surface area contributed by atoms with Crippen molar-refractivity contribution in [2.45, 2.75) is 37.5 Å². The molecule has 2 atom stereocenters. The summed E-state index contributed by atoms with van der Waals surface area (Å²) in [5.41, 5.74) is 2.03. The second-order valence-corrected chi connectivity index (χ2v) is 10.0. The Hall–Kier alpha value is -1.61. The number of piperidine rings is 1. The van der Waals surface area contributed by atoms with Crippen LogP contribution in [0.25, 0.3) is 11.0 Å². The Morgan fingerprint density at radius 1 is 1.00 bits per heavy atom. The minimum Gasteiger partial charge on any atom is -0.374 e. The van der Waals surface area contributed by atoms with Gasteiger partial charge in [-0.2, -0.15) is 0 Å². The lowest BCUT2D eigenvalue weighted by molar-refractivity contribution is 0.0980. The summed E-state index contributed by atoms with van der Waals surface area (Å²) in [4.78, 5) is 19.8. The first-order valence-electron chi connectivity index (χ1n) is 11.7. The molecule has 4 aliphatic heterocycles. The Kier molecular flexibility index (Phi) is 5.01. The highest BCUT2D eigenvalue weighted by Crippen LogP contribution is 2.37. The molecule has 0 amide bonds. The molecule has 4 aliphatic rings. The number of fused-ring (bicyclic) bond motifs is 3. The molecule has 2 aromatic heterocycles. The number of ether oxygens (including phenoxy) is 1. The number of likely N-dealkylation sites (N-methyl/N-ethyl adjacent to an activating group) is 1. The van der Waals surface area contributed by atoms with Crippen molar-refractivity contribution in [2.24, 2.45) is 7.05 Å². The van der Waals surface area contributed by atoms with E-state index in [2.05, 4.69) is 38.3 Å². The van der Waals surface area contributed by atoms with E-state index in [0.29, 0.717) is 23.3 Å². The van der Waals surface area contributed by atoms with Gasteiger partial charge in [-0.1, -0.05) is 11.6 Å². The Labute approximate surface area is 188 Å². The van der Waals surface area contributed by atoms with E-state index in [4.69, 9.17) is 26.3 Å². The predicted molar refractivity (Wildman–Crippen MR) is 123 cm³/mol. The number of anilines is 2. The van der Waals surface area contributed by atoms with Crippen LogP contribution in [0.3, 0.4) is 0 Å². The Morgan fingerprint density at radius 3 is 2.45 bits per heavy atom. The van der Waals surface area contributed by atoms with Gasteiger partial charge in [-0.05, 0) is 26.3 Å². The van der Waals surface area contributed by atoms with Gasteiger partial charge in [0, 0.05) is 65.0 Å². The maximum atomic E-state index is 6.45. The lowest BCUT2D eigenvalue weighted by atomic mass is 10.0. The van der Waals surface area contributed by atoms with E-state index >= 15 is 0 Å². The van der Waals surface area contributed by atoms with Gasteiger partial charge in [-0.25, -0.2) is 9.97 Å². The second-order valence-electron chi connectivity index (χ2n) is 9.66. The van der Waals surface area contributed by atoms with Crippen molar-refractivity contribution in [3.05, 3.63) is 11.2 Å². The second kappa shape index (κ2) is 7.76. The maximum absolute atomic E-state index is 6.45. The molecule has 8 nitrogen and oxygen atoms in total. The number of imidazole rings is 1. The quantitative estimate of drug-likeness (QED) is 0.668. The molecule has 0 N–H and O–H groups in total. The summed E-state index contributed by atoms with van der Waals surface area (Å²) in [6.07, 6.45) is 3.80. The maximum Gasteiger partial charge on any atom is 0.206 e. The molecule has 0 aromatic carbocycles. The standard InChI is InChI=1S/C22H32ClN7O/c1-26-7-9-28(10-8-26)15-3-5-29(6-4-15)22-25-20-18(27(22)2)12-19(23)24-21(20)30-13-17-11-16(30)14-31-17/h12,15-17H,3-11,13-14H2,1-2H3/t16-,17-/m1/s1. The Bertz CT molecular complexity index is 964. The van der Waals surface area contributed by atoms with Crippen LogP contribution in [0.1, 0.15) is 19.3 Å². The fourth-order valence-electron chi connectivity index (χ4n) is 5.89. The number of hydrogen-bond acceptors (Lipinski definition) is 7. The number of aryl methyl sites for hydroxylation is 1. The van der Waals surface area contributed by atoms with Crippen LogP contribution in [0.5, 0.6) is 0 Å². The molecule has 0 radical (unpaired) electrons. The van der Waals surface area contributed by atoms with Crippen molar-refractivity contribution in [1.29, 1.82) is 0 Å². The Balaban J connectivity index is 1.24. The van der Waals surface area contributed by atoms with Crippen LogP contribution in [-0.4, -0.2) is 102 Å². The first kappa shape index (κ1) is 20.0. The van der Waals surface area contributed by atoms with Gasteiger partial charge in [-0.3, -0.25) is 4.90 Å². The van der Waals surface area contributed by atoms with Gasteiger partial charge in [0.25, 0.3) is 0 Å². The van der Waals surface area contributed by atoms with Gasteiger partial charge in [0.2, 0.25) is 5.95 Å². The number of halogens is 1. The minimum atomic E-state index is 0.317. The summed E-state index contributed by atoms with van der Waals surface area (Å²) in [5.74, 6) is 1.96. The van der Waals surface area contributed by atoms with Gasteiger partial charge < -0.3 is 24.0 Å². The van der Waals surface area contributed by atoms with E-state index < -0.39 is 0 Å². The summed E-state index contributed by atoms with van der Waals surface area (Å²) in [6.45, 7) is 8.52. The highest BCUT2D eigenvalue weighted by Gasteiger charge is 2.41. The number of rotatable bonds is 3. The average molecular weight is 446 g/mol. The molecule has 0 spiro atoms. The van der Waals surface area contributed by atoms with Gasteiger partial charge >= 0.3 is 0 Å². The summed E-state index contributed by atoms with van der Waals surface area (Å²) in [6, 6.07) is 3.05.